The molecule has 23 heavy (non-hydrogen) atoms. The number of hydrogen-bond donors (Lipinski definition) is 3. The van der Waals surface area contributed by atoms with Crippen LogP contribution in [0.1, 0.15) is 23.1 Å². The molecule has 1 amide bonds. The number of nitrogens with one attached hydrogen (secondary N) is 1. The zero-order chi connectivity index (χ0) is 16.2. The molecule has 0 spiro atoms. The number of amides is 1. The van der Waals surface area contributed by atoms with Crippen molar-refractivity contribution in [2.75, 3.05) is 5.32 Å². The van der Waals surface area contributed by atoms with Crippen molar-refractivity contribution in [3.8, 4) is 0 Å². The second-order valence-electron chi connectivity index (χ2n) is 5.60. The zero-order valence-corrected chi connectivity index (χ0v) is 12.8. The Morgan fingerprint density at radius 3 is 2.78 bits per heavy atom. The minimum absolute atomic E-state index is 0.0588. The van der Waals surface area contributed by atoms with Crippen LogP contribution in [0.2, 0.25) is 0 Å². The van der Waals surface area contributed by atoms with Gasteiger partial charge in [0, 0.05) is 18.7 Å². The molecule has 1 aliphatic rings. The maximum absolute atomic E-state index is 12.1. The Morgan fingerprint density at radius 1 is 1.26 bits per heavy atom. The van der Waals surface area contributed by atoms with E-state index in [1.54, 1.807) is 0 Å². The van der Waals surface area contributed by atoms with Gasteiger partial charge in [-0.05, 0) is 40.7 Å². The van der Waals surface area contributed by atoms with Gasteiger partial charge < -0.3 is 20.7 Å². The van der Waals surface area contributed by atoms with E-state index in [0.717, 1.165) is 27.8 Å². The number of nitrogens with two attached hydrogens (primary N) is 1. The van der Waals surface area contributed by atoms with Gasteiger partial charge in [-0.15, -0.1) is 0 Å². The molecule has 0 aliphatic carbocycles. The summed E-state index contributed by atoms with van der Waals surface area (Å²) in [6.07, 6.45) is 0.915. The SMILES string of the molecule is NCc1ccc(NC(=O)CCc2cccc3c2B(O)OC3)cc1. The van der Waals surface area contributed by atoms with Crippen molar-refractivity contribution in [3.05, 3.63) is 59.2 Å². The lowest BCUT2D eigenvalue weighted by atomic mass is 9.75. The number of hydrogen-bond acceptors (Lipinski definition) is 4. The Morgan fingerprint density at radius 2 is 2.04 bits per heavy atom. The molecular formula is C17H19BN2O3. The summed E-state index contributed by atoms with van der Waals surface area (Å²) >= 11 is 0. The van der Waals surface area contributed by atoms with Crippen LogP contribution in [0.5, 0.6) is 0 Å². The topological polar surface area (TPSA) is 84.6 Å². The van der Waals surface area contributed by atoms with Crippen molar-refractivity contribution in [2.45, 2.75) is 26.0 Å². The maximum Gasteiger partial charge on any atom is 0.492 e. The van der Waals surface area contributed by atoms with Gasteiger partial charge in [0.1, 0.15) is 0 Å². The number of anilines is 1. The Hall–Kier alpha value is -2.15. The summed E-state index contributed by atoms with van der Waals surface area (Å²) in [4.78, 5) is 12.1. The van der Waals surface area contributed by atoms with Gasteiger partial charge in [0.25, 0.3) is 0 Å². The van der Waals surface area contributed by atoms with Crippen LogP contribution in [0.4, 0.5) is 5.69 Å². The minimum Gasteiger partial charge on any atom is -0.423 e. The highest BCUT2D eigenvalue weighted by Gasteiger charge is 2.29. The van der Waals surface area contributed by atoms with E-state index in [1.165, 1.54) is 0 Å². The van der Waals surface area contributed by atoms with E-state index < -0.39 is 7.12 Å². The highest BCUT2D eigenvalue weighted by atomic mass is 16.5. The van der Waals surface area contributed by atoms with Crippen molar-refractivity contribution in [1.82, 2.24) is 0 Å². The minimum atomic E-state index is -0.881. The Balaban J connectivity index is 1.60. The molecule has 0 atom stereocenters. The monoisotopic (exact) mass is 310 g/mol. The predicted octanol–water partition coefficient (Wildman–Crippen LogP) is 0.934. The summed E-state index contributed by atoms with van der Waals surface area (Å²) in [5, 5.41) is 12.7. The fourth-order valence-corrected chi connectivity index (χ4v) is 2.78. The molecular weight excluding hydrogens is 291 g/mol. The first-order valence-electron chi connectivity index (χ1n) is 7.66. The normalized spacial score (nSPS) is 13.0. The number of benzene rings is 2. The molecule has 3 rings (SSSR count). The van der Waals surface area contributed by atoms with Crippen LogP contribution in [0, 0.1) is 0 Å². The van der Waals surface area contributed by atoms with Gasteiger partial charge in [-0.2, -0.15) is 0 Å². The van der Waals surface area contributed by atoms with E-state index in [1.807, 2.05) is 42.5 Å². The molecule has 1 aliphatic heterocycles. The molecule has 1 heterocycles. The molecule has 4 N–H and O–H groups in total. The highest BCUT2D eigenvalue weighted by molar-refractivity contribution is 6.62. The molecule has 0 fully saturated rings. The largest absolute Gasteiger partial charge is 0.492 e. The molecule has 5 nitrogen and oxygen atoms in total. The number of carbonyl (C=O) groups excluding carboxylic acids is 1. The number of aryl methyl sites for hydroxylation is 1. The summed E-state index contributed by atoms with van der Waals surface area (Å²) in [5.41, 5.74) is 10.1. The second kappa shape index (κ2) is 6.96. The zero-order valence-electron chi connectivity index (χ0n) is 12.8. The van der Waals surface area contributed by atoms with Gasteiger partial charge in [0.2, 0.25) is 5.91 Å². The third-order valence-corrected chi connectivity index (χ3v) is 4.03. The lowest BCUT2D eigenvalue weighted by Crippen LogP contribution is -2.31. The average Bonchev–Trinajstić information content (AvgIpc) is 2.96. The summed E-state index contributed by atoms with van der Waals surface area (Å²) in [6.45, 7) is 0.905. The van der Waals surface area contributed by atoms with Gasteiger partial charge in [0.15, 0.2) is 0 Å². The van der Waals surface area contributed by atoms with Gasteiger partial charge in [-0.1, -0.05) is 30.3 Å². The molecule has 0 saturated carbocycles. The van der Waals surface area contributed by atoms with Gasteiger partial charge >= 0.3 is 7.12 Å². The van der Waals surface area contributed by atoms with Gasteiger partial charge in [-0.25, -0.2) is 0 Å². The molecule has 118 valence electrons. The number of fused-ring (bicyclic) bond motifs is 1. The Labute approximate surface area is 135 Å². The van der Waals surface area contributed by atoms with E-state index in [0.29, 0.717) is 26.0 Å². The standard InChI is InChI=1S/C17H19BN2O3/c19-10-12-4-7-15(8-5-12)20-16(21)9-6-13-2-1-3-14-11-23-18(22)17(13)14/h1-5,7-8,22H,6,9-11,19H2,(H,20,21). The van der Waals surface area contributed by atoms with Crippen molar-refractivity contribution < 1.29 is 14.5 Å². The van der Waals surface area contributed by atoms with Gasteiger partial charge in [0.05, 0.1) is 6.61 Å². The third-order valence-electron chi connectivity index (χ3n) is 4.03. The Kier molecular flexibility index (Phi) is 4.76. The van der Waals surface area contributed by atoms with Crippen LogP contribution in [-0.2, 0) is 29.0 Å². The molecule has 0 radical (unpaired) electrons. The van der Waals surface area contributed by atoms with Crippen LogP contribution in [0.3, 0.4) is 0 Å². The summed E-state index contributed by atoms with van der Waals surface area (Å²) in [7, 11) is -0.881. The number of carbonyl (C=O) groups is 1. The van der Waals surface area contributed by atoms with Crippen molar-refractivity contribution >= 4 is 24.2 Å². The maximum atomic E-state index is 12.1. The van der Waals surface area contributed by atoms with Crippen LogP contribution in [0.15, 0.2) is 42.5 Å². The lowest BCUT2D eigenvalue weighted by molar-refractivity contribution is -0.116. The van der Waals surface area contributed by atoms with Crippen molar-refractivity contribution in [3.63, 3.8) is 0 Å². The van der Waals surface area contributed by atoms with E-state index in [4.69, 9.17) is 10.4 Å². The first-order chi connectivity index (χ1) is 11.2. The smallest absolute Gasteiger partial charge is 0.423 e. The fraction of sp³-hybridized carbons (Fsp3) is 0.235. The van der Waals surface area contributed by atoms with Crippen LogP contribution in [0.25, 0.3) is 0 Å². The van der Waals surface area contributed by atoms with E-state index in [9.17, 15) is 9.82 Å². The molecule has 2 aromatic rings. The molecule has 6 heteroatoms. The fourth-order valence-electron chi connectivity index (χ4n) is 2.78. The number of rotatable bonds is 5. The summed E-state index contributed by atoms with van der Waals surface area (Å²) in [5.74, 6) is -0.0588. The Bertz CT molecular complexity index is 703. The molecule has 0 bridgehead atoms. The quantitative estimate of drug-likeness (QED) is 0.718. The third kappa shape index (κ3) is 3.61. The van der Waals surface area contributed by atoms with Crippen LogP contribution in [-0.4, -0.2) is 18.0 Å². The van der Waals surface area contributed by atoms with Crippen LogP contribution < -0.4 is 16.5 Å². The summed E-state index contributed by atoms with van der Waals surface area (Å²) < 4.78 is 5.23. The van der Waals surface area contributed by atoms with Gasteiger partial charge in [-0.3, -0.25) is 4.79 Å². The predicted molar refractivity (Wildman–Crippen MR) is 90.1 cm³/mol. The molecule has 0 unspecified atom stereocenters. The first-order valence-corrected chi connectivity index (χ1v) is 7.66. The first kappa shape index (κ1) is 15.7. The van der Waals surface area contributed by atoms with Crippen molar-refractivity contribution in [1.29, 1.82) is 0 Å². The molecule has 2 aromatic carbocycles. The second-order valence-corrected chi connectivity index (χ2v) is 5.60. The van der Waals surface area contributed by atoms with E-state index >= 15 is 0 Å². The van der Waals surface area contributed by atoms with E-state index in [2.05, 4.69) is 5.32 Å². The van der Waals surface area contributed by atoms with E-state index in [-0.39, 0.29) is 5.91 Å². The highest BCUT2D eigenvalue weighted by Crippen LogP contribution is 2.15. The molecule has 0 aromatic heterocycles. The summed E-state index contributed by atoms with van der Waals surface area (Å²) in [6, 6.07) is 13.3. The lowest BCUT2D eigenvalue weighted by Gasteiger charge is -2.09. The molecule has 0 saturated heterocycles. The van der Waals surface area contributed by atoms with Crippen LogP contribution >= 0.6 is 0 Å². The van der Waals surface area contributed by atoms with Crippen molar-refractivity contribution in [2.24, 2.45) is 5.73 Å². The average molecular weight is 310 g/mol.